The van der Waals surface area contributed by atoms with E-state index in [0.717, 1.165) is 22.2 Å². The van der Waals surface area contributed by atoms with Crippen LogP contribution in [0.25, 0.3) is 0 Å². The van der Waals surface area contributed by atoms with Crippen molar-refractivity contribution in [2.75, 3.05) is 13.2 Å². The minimum Gasteiger partial charge on any atom is -0.484 e. The van der Waals surface area contributed by atoms with E-state index in [2.05, 4.69) is 27.8 Å². The van der Waals surface area contributed by atoms with Gasteiger partial charge in [-0.05, 0) is 25.1 Å². The molecule has 3 heterocycles. The average Bonchev–Trinajstić information content (AvgIpc) is 2.96. The van der Waals surface area contributed by atoms with Crippen molar-refractivity contribution in [3.8, 4) is 5.75 Å². The Morgan fingerprint density at radius 1 is 1.45 bits per heavy atom. The van der Waals surface area contributed by atoms with Gasteiger partial charge in [-0.25, -0.2) is 4.99 Å². The van der Waals surface area contributed by atoms with Gasteiger partial charge >= 0.3 is 0 Å². The molecule has 0 amide bonds. The molecule has 6 heteroatoms. The first kappa shape index (κ1) is 12.5. The molecule has 0 radical (unpaired) electrons. The Morgan fingerprint density at radius 3 is 3.05 bits per heavy atom. The average molecular weight is 339 g/mol. The maximum atomic E-state index is 6.21. The first-order valence-corrected chi connectivity index (χ1v) is 7.42. The van der Waals surface area contributed by atoms with Crippen LogP contribution in [0.3, 0.4) is 0 Å². The SMILES string of the molecule is C[C@@]12CCO[C@@H]1[C@@]1(COC(N)=N1)c1cc(Br)ccc1O2. The van der Waals surface area contributed by atoms with E-state index in [1.54, 1.807) is 0 Å². The minimum absolute atomic E-state index is 0.183. The molecule has 0 saturated carbocycles. The third-order valence-corrected chi connectivity index (χ3v) is 4.87. The zero-order valence-corrected chi connectivity index (χ0v) is 12.6. The third kappa shape index (κ3) is 1.49. The standard InChI is InChI=1S/C14H15BrN2O3/c1-13-4-5-18-11(13)14(7-19-12(16)17-14)9-6-8(15)2-3-10(9)20-13/h2-3,6,11H,4-5,7H2,1H3,(H2,16,17)/t11-,13+,14+/m0/s1. The summed E-state index contributed by atoms with van der Waals surface area (Å²) in [5.41, 5.74) is 5.76. The van der Waals surface area contributed by atoms with Gasteiger partial charge < -0.3 is 19.9 Å². The molecule has 0 aromatic heterocycles. The van der Waals surface area contributed by atoms with Crippen molar-refractivity contribution in [3.05, 3.63) is 28.2 Å². The molecule has 1 aromatic rings. The van der Waals surface area contributed by atoms with E-state index in [1.807, 2.05) is 18.2 Å². The molecule has 0 bridgehead atoms. The summed E-state index contributed by atoms with van der Waals surface area (Å²) in [6.07, 6.45) is 0.655. The Labute approximate surface area is 125 Å². The molecule has 106 valence electrons. The molecular weight excluding hydrogens is 324 g/mol. The van der Waals surface area contributed by atoms with Gasteiger partial charge in [0.25, 0.3) is 6.02 Å². The van der Waals surface area contributed by atoms with Crippen LogP contribution >= 0.6 is 15.9 Å². The van der Waals surface area contributed by atoms with Gasteiger partial charge in [-0.2, -0.15) is 0 Å². The van der Waals surface area contributed by atoms with Gasteiger partial charge in [0.2, 0.25) is 0 Å². The van der Waals surface area contributed by atoms with E-state index < -0.39 is 11.1 Å². The number of hydrogen-bond acceptors (Lipinski definition) is 5. The van der Waals surface area contributed by atoms with Crippen LogP contribution in [0.2, 0.25) is 0 Å². The number of nitrogens with two attached hydrogens (primary N) is 1. The number of hydrogen-bond donors (Lipinski definition) is 1. The van der Waals surface area contributed by atoms with Crippen molar-refractivity contribution in [3.63, 3.8) is 0 Å². The summed E-state index contributed by atoms with van der Waals surface area (Å²) in [5, 5.41) is 0. The van der Waals surface area contributed by atoms with Crippen molar-refractivity contribution >= 4 is 22.0 Å². The highest BCUT2D eigenvalue weighted by molar-refractivity contribution is 9.10. The number of halogens is 1. The number of benzene rings is 1. The normalized spacial score (nSPS) is 37.9. The van der Waals surface area contributed by atoms with Gasteiger partial charge in [0.05, 0.1) is 6.61 Å². The van der Waals surface area contributed by atoms with Gasteiger partial charge in [0, 0.05) is 16.5 Å². The quantitative estimate of drug-likeness (QED) is 0.784. The van der Waals surface area contributed by atoms with Crippen LogP contribution in [0, 0.1) is 0 Å². The molecule has 3 aliphatic heterocycles. The van der Waals surface area contributed by atoms with Crippen LogP contribution < -0.4 is 10.5 Å². The number of fused-ring (bicyclic) bond motifs is 4. The van der Waals surface area contributed by atoms with Gasteiger partial charge in [0.15, 0.2) is 5.54 Å². The van der Waals surface area contributed by atoms with Crippen molar-refractivity contribution in [2.45, 2.75) is 30.6 Å². The highest BCUT2D eigenvalue weighted by Crippen LogP contribution is 2.52. The predicted octanol–water partition coefficient (Wildman–Crippen LogP) is 1.93. The lowest BCUT2D eigenvalue weighted by atomic mass is 9.75. The predicted molar refractivity (Wildman–Crippen MR) is 76.8 cm³/mol. The second-order valence-electron chi connectivity index (χ2n) is 5.72. The highest BCUT2D eigenvalue weighted by Gasteiger charge is 2.62. The summed E-state index contributed by atoms with van der Waals surface area (Å²) in [7, 11) is 0. The summed E-state index contributed by atoms with van der Waals surface area (Å²) in [4.78, 5) is 4.60. The first-order chi connectivity index (χ1) is 9.53. The van der Waals surface area contributed by atoms with Crippen LogP contribution in [-0.2, 0) is 15.0 Å². The van der Waals surface area contributed by atoms with Gasteiger partial charge in [-0.15, -0.1) is 0 Å². The molecule has 2 N–H and O–H groups in total. The Balaban J connectivity index is 1.97. The summed E-state index contributed by atoms with van der Waals surface area (Å²) < 4.78 is 18.6. The minimum atomic E-state index is -0.604. The van der Waals surface area contributed by atoms with E-state index in [-0.39, 0.29) is 12.1 Å². The summed E-state index contributed by atoms with van der Waals surface area (Å²) in [5.74, 6) is 0.833. The molecule has 4 rings (SSSR count). The smallest absolute Gasteiger partial charge is 0.283 e. The molecule has 1 aromatic carbocycles. The fraction of sp³-hybridized carbons (Fsp3) is 0.500. The molecule has 1 fully saturated rings. The van der Waals surface area contributed by atoms with Gasteiger partial charge in [-0.3, -0.25) is 0 Å². The molecular formula is C14H15BrN2O3. The van der Waals surface area contributed by atoms with Crippen LogP contribution in [0.15, 0.2) is 27.7 Å². The second-order valence-corrected chi connectivity index (χ2v) is 6.63. The molecule has 1 saturated heterocycles. The zero-order valence-electron chi connectivity index (χ0n) is 11.1. The lowest BCUT2D eigenvalue weighted by Crippen LogP contribution is -2.57. The lowest BCUT2D eigenvalue weighted by Gasteiger charge is -2.45. The Hall–Kier alpha value is -1.27. The highest BCUT2D eigenvalue weighted by atomic mass is 79.9. The third-order valence-electron chi connectivity index (χ3n) is 4.37. The largest absolute Gasteiger partial charge is 0.484 e. The van der Waals surface area contributed by atoms with Crippen LogP contribution in [-0.4, -0.2) is 30.9 Å². The van der Waals surface area contributed by atoms with Gasteiger partial charge in [0.1, 0.15) is 24.1 Å². The summed E-state index contributed by atoms with van der Waals surface area (Å²) >= 11 is 3.51. The van der Waals surface area contributed by atoms with E-state index in [9.17, 15) is 0 Å². The Kier molecular flexibility index (Phi) is 2.42. The van der Waals surface area contributed by atoms with E-state index in [1.165, 1.54) is 0 Å². The molecule has 0 unspecified atom stereocenters. The molecule has 3 atom stereocenters. The number of amidine groups is 1. The zero-order chi connectivity index (χ0) is 14.0. The van der Waals surface area contributed by atoms with E-state index in [0.29, 0.717) is 13.2 Å². The summed E-state index contributed by atoms with van der Waals surface area (Å²) in [6.45, 7) is 3.13. The number of aliphatic imine (C=N–C) groups is 1. The lowest BCUT2D eigenvalue weighted by molar-refractivity contribution is -0.0756. The van der Waals surface area contributed by atoms with Crippen molar-refractivity contribution < 1.29 is 14.2 Å². The first-order valence-electron chi connectivity index (χ1n) is 6.62. The fourth-order valence-corrected chi connectivity index (χ4v) is 3.83. The molecule has 3 aliphatic rings. The molecule has 20 heavy (non-hydrogen) atoms. The number of nitrogens with zero attached hydrogens (tertiary/aromatic N) is 1. The van der Waals surface area contributed by atoms with Crippen molar-refractivity contribution in [1.29, 1.82) is 0 Å². The fourth-order valence-electron chi connectivity index (χ4n) is 3.47. The van der Waals surface area contributed by atoms with Crippen LogP contribution in [0.5, 0.6) is 5.75 Å². The molecule has 5 nitrogen and oxygen atoms in total. The maximum Gasteiger partial charge on any atom is 0.283 e. The van der Waals surface area contributed by atoms with E-state index in [4.69, 9.17) is 19.9 Å². The number of ether oxygens (including phenoxy) is 3. The van der Waals surface area contributed by atoms with Crippen molar-refractivity contribution in [2.24, 2.45) is 10.7 Å². The topological polar surface area (TPSA) is 66.1 Å². The Morgan fingerprint density at radius 2 is 2.30 bits per heavy atom. The van der Waals surface area contributed by atoms with Crippen LogP contribution in [0.1, 0.15) is 18.9 Å². The van der Waals surface area contributed by atoms with E-state index >= 15 is 0 Å². The summed E-state index contributed by atoms with van der Waals surface area (Å²) in [6, 6.07) is 6.16. The Bertz CT molecular complexity index is 620. The number of rotatable bonds is 0. The van der Waals surface area contributed by atoms with Gasteiger partial charge in [-0.1, -0.05) is 15.9 Å². The van der Waals surface area contributed by atoms with Crippen molar-refractivity contribution in [1.82, 2.24) is 0 Å². The monoisotopic (exact) mass is 338 g/mol. The molecule has 1 spiro atoms. The second kappa shape index (κ2) is 3.89. The van der Waals surface area contributed by atoms with Crippen LogP contribution in [0.4, 0.5) is 0 Å². The molecule has 0 aliphatic carbocycles. The maximum absolute atomic E-state index is 6.21.